The molecule has 27 heavy (non-hydrogen) atoms. The van der Waals surface area contributed by atoms with E-state index in [0.717, 1.165) is 6.07 Å². The van der Waals surface area contributed by atoms with Gasteiger partial charge < -0.3 is 5.11 Å². The van der Waals surface area contributed by atoms with Gasteiger partial charge in [0.05, 0.1) is 34.8 Å². The quantitative estimate of drug-likeness (QED) is 0.635. The number of hydrogen-bond acceptors (Lipinski definition) is 4. The Hall–Kier alpha value is -2.44. The number of carbonyl (C=O) groups excluding carboxylic acids is 1. The molecule has 4 nitrogen and oxygen atoms in total. The van der Waals surface area contributed by atoms with Gasteiger partial charge in [0.1, 0.15) is 11.6 Å². The number of aliphatic hydroxyl groups is 1. The molecule has 0 fully saturated rings. The summed E-state index contributed by atoms with van der Waals surface area (Å²) in [7, 11) is 0. The minimum absolute atomic E-state index is 0.0623. The van der Waals surface area contributed by atoms with Crippen molar-refractivity contribution in [2.45, 2.75) is 30.4 Å². The Kier molecular flexibility index (Phi) is 5.48. The van der Waals surface area contributed by atoms with Crippen LogP contribution in [0.4, 0.5) is 8.78 Å². The monoisotopic (exact) mass is 390 g/mol. The van der Waals surface area contributed by atoms with Gasteiger partial charge in [-0.15, -0.1) is 11.6 Å². The summed E-state index contributed by atoms with van der Waals surface area (Å²) in [6.07, 6.45) is 1.05. The fraction of sp³-hybridized carbons (Fsp3) is 0.250. The Morgan fingerprint density at radius 3 is 2.63 bits per heavy atom. The summed E-state index contributed by atoms with van der Waals surface area (Å²) < 4.78 is 27.4. The second kappa shape index (κ2) is 7.66. The predicted octanol–water partition coefficient (Wildman–Crippen LogP) is 3.92. The third-order valence-electron chi connectivity index (χ3n) is 4.62. The van der Waals surface area contributed by atoms with E-state index in [-0.39, 0.29) is 22.9 Å². The average Bonchev–Trinajstić information content (AvgIpc) is 2.66. The van der Waals surface area contributed by atoms with Crippen molar-refractivity contribution < 1.29 is 18.7 Å². The molecule has 1 aliphatic rings. The minimum Gasteiger partial charge on any atom is -0.390 e. The second-order valence-corrected chi connectivity index (χ2v) is 6.91. The molecule has 2 aromatic rings. The van der Waals surface area contributed by atoms with E-state index in [2.05, 4.69) is 16.6 Å². The number of aliphatic imine (C=N–C) groups is 1. The van der Waals surface area contributed by atoms with Gasteiger partial charge in [-0.1, -0.05) is 18.7 Å². The van der Waals surface area contributed by atoms with Gasteiger partial charge in [-0.25, -0.2) is 8.78 Å². The normalized spacial score (nSPS) is 25.0. The molecule has 0 saturated carbocycles. The van der Waals surface area contributed by atoms with Crippen molar-refractivity contribution in [3.05, 3.63) is 60.1 Å². The lowest BCUT2D eigenvalue weighted by Crippen LogP contribution is -2.43. The molecule has 1 aromatic carbocycles. The van der Waals surface area contributed by atoms with Crippen LogP contribution in [0.3, 0.4) is 0 Å². The fourth-order valence-corrected chi connectivity index (χ4v) is 3.34. The number of aldehydes is 1. The van der Waals surface area contributed by atoms with Gasteiger partial charge in [-0.3, -0.25) is 14.8 Å². The molecule has 1 aromatic heterocycles. The maximum absolute atomic E-state index is 14.3. The number of benzene rings is 1. The molecule has 0 spiro atoms. The number of hydrogen-bond donors (Lipinski definition) is 1. The molecule has 3 rings (SSSR count). The first-order valence-corrected chi connectivity index (χ1v) is 8.72. The van der Waals surface area contributed by atoms with Crippen molar-refractivity contribution in [2.75, 3.05) is 0 Å². The largest absolute Gasteiger partial charge is 0.390 e. The number of alkyl halides is 1. The van der Waals surface area contributed by atoms with Gasteiger partial charge in [0.25, 0.3) is 0 Å². The summed E-state index contributed by atoms with van der Waals surface area (Å²) in [4.78, 5) is 19.8. The molecule has 0 aliphatic carbocycles. The first kappa shape index (κ1) is 19.3. The third-order valence-corrected chi connectivity index (χ3v) is 5.25. The van der Waals surface area contributed by atoms with E-state index in [1.165, 1.54) is 18.3 Å². The summed E-state index contributed by atoms with van der Waals surface area (Å²) in [6.45, 7) is 4.87. The molecule has 140 valence electrons. The van der Waals surface area contributed by atoms with Gasteiger partial charge in [-0.05, 0) is 30.7 Å². The van der Waals surface area contributed by atoms with Crippen LogP contribution in [0.2, 0.25) is 0 Å². The van der Waals surface area contributed by atoms with E-state index >= 15 is 0 Å². The maximum Gasteiger partial charge on any atom is 0.164 e. The van der Waals surface area contributed by atoms with Crippen molar-refractivity contribution in [1.82, 2.24) is 4.98 Å². The number of pyridine rings is 1. The molecule has 4 unspecified atom stereocenters. The van der Waals surface area contributed by atoms with Crippen LogP contribution in [-0.2, 0) is 4.79 Å². The number of rotatable bonds is 4. The summed E-state index contributed by atoms with van der Waals surface area (Å²) in [5.74, 6) is -2.06. The van der Waals surface area contributed by atoms with Crippen LogP contribution in [0.5, 0.6) is 0 Å². The lowest BCUT2D eigenvalue weighted by atomic mass is 9.84. The van der Waals surface area contributed by atoms with Crippen LogP contribution in [0.15, 0.2) is 48.1 Å². The minimum atomic E-state index is -1.00. The Labute approximate surface area is 160 Å². The molecule has 7 heteroatoms. The summed E-state index contributed by atoms with van der Waals surface area (Å²) in [5.41, 5.74) is 1.33. The van der Waals surface area contributed by atoms with Crippen molar-refractivity contribution in [1.29, 1.82) is 0 Å². The SMILES string of the molecule is C=C(F)c1ccc(-c2ccc(C3C(C=O)=NC(C)C(Cl)C3O)cn2)c(F)c1. The number of nitrogens with zero attached hydrogens (tertiary/aromatic N) is 2. The second-order valence-electron chi connectivity index (χ2n) is 6.40. The van der Waals surface area contributed by atoms with Crippen LogP contribution in [0.25, 0.3) is 17.1 Å². The van der Waals surface area contributed by atoms with Crippen molar-refractivity contribution >= 4 is 29.4 Å². The van der Waals surface area contributed by atoms with Gasteiger partial charge >= 0.3 is 0 Å². The zero-order chi connectivity index (χ0) is 19.7. The third kappa shape index (κ3) is 3.68. The van der Waals surface area contributed by atoms with Gasteiger partial charge in [0.15, 0.2) is 6.29 Å². The van der Waals surface area contributed by atoms with E-state index in [4.69, 9.17) is 11.6 Å². The topological polar surface area (TPSA) is 62.5 Å². The molecular weight excluding hydrogens is 374 g/mol. The Bertz CT molecular complexity index is 915. The van der Waals surface area contributed by atoms with Crippen LogP contribution < -0.4 is 0 Å². The smallest absolute Gasteiger partial charge is 0.164 e. The number of carbonyl (C=O) groups is 1. The molecule has 0 amide bonds. The molecule has 2 heterocycles. The Morgan fingerprint density at radius 2 is 2.07 bits per heavy atom. The highest BCUT2D eigenvalue weighted by Crippen LogP contribution is 2.33. The molecule has 0 radical (unpaired) electrons. The van der Waals surface area contributed by atoms with E-state index < -0.39 is 29.0 Å². The summed E-state index contributed by atoms with van der Waals surface area (Å²) in [5, 5.41) is 9.83. The van der Waals surface area contributed by atoms with E-state index in [0.29, 0.717) is 17.5 Å². The zero-order valence-electron chi connectivity index (χ0n) is 14.4. The van der Waals surface area contributed by atoms with E-state index in [9.17, 15) is 18.7 Å². The number of aliphatic hydroxyl groups excluding tert-OH is 1. The molecule has 0 bridgehead atoms. The highest BCUT2D eigenvalue weighted by Gasteiger charge is 2.38. The van der Waals surface area contributed by atoms with Crippen molar-refractivity contribution in [3.8, 4) is 11.3 Å². The Morgan fingerprint density at radius 1 is 1.33 bits per heavy atom. The van der Waals surface area contributed by atoms with E-state index in [1.807, 2.05) is 0 Å². The predicted molar refractivity (Wildman–Crippen MR) is 101 cm³/mol. The van der Waals surface area contributed by atoms with Crippen LogP contribution >= 0.6 is 11.6 Å². The van der Waals surface area contributed by atoms with Crippen LogP contribution in [0.1, 0.15) is 24.0 Å². The standard InChI is InChI=1S/C20H17ClF2N2O2/c1-10(22)12-3-5-14(15(23)7-12)16-6-4-13(8-24-16)18-17(9-26)25-11(2)19(21)20(18)27/h3-9,11,18-20,27H,1H2,2H3. The molecular formula is C20H17ClF2N2O2. The van der Waals surface area contributed by atoms with Crippen LogP contribution in [-0.4, -0.2) is 39.6 Å². The number of halogens is 3. The molecule has 1 aliphatic heterocycles. The van der Waals surface area contributed by atoms with Crippen molar-refractivity contribution in [3.63, 3.8) is 0 Å². The lowest BCUT2D eigenvalue weighted by molar-refractivity contribution is -0.103. The van der Waals surface area contributed by atoms with Crippen LogP contribution in [0, 0.1) is 5.82 Å². The first-order chi connectivity index (χ1) is 12.8. The molecule has 4 atom stereocenters. The van der Waals surface area contributed by atoms with Crippen molar-refractivity contribution in [2.24, 2.45) is 4.99 Å². The first-order valence-electron chi connectivity index (χ1n) is 8.29. The van der Waals surface area contributed by atoms with Gasteiger partial charge in [0, 0.05) is 17.3 Å². The molecule has 1 N–H and O–H groups in total. The zero-order valence-corrected chi connectivity index (χ0v) is 15.2. The van der Waals surface area contributed by atoms with Gasteiger partial charge in [-0.2, -0.15) is 0 Å². The lowest BCUT2D eigenvalue weighted by Gasteiger charge is -2.33. The Balaban J connectivity index is 1.95. The molecule has 0 saturated heterocycles. The summed E-state index contributed by atoms with van der Waals surface area (Å²) >= 11 is 6.19. The fourth-order valence-electron chi connectivity index (χ4n) is 3.14. The van der Waals surface area contributed by atoms with Gasteiger partial charge in [0.2, 0.25) is 0 Å². The number of aromatic nitrogens is 1. The average molecular weight is 391 g/mol. The highest BCUT2D eigenvalue weighted by molar-refractivity contribution is 6.32. The van der Waals surface area contributed by atoms with E-state index in [1.54, 1.807) is 19.1 Å². The summed E-state index contributed by atoms with van der Waals surface area (Å²) in [6, 6.07) is 6.70. The highest BCUT2D eigenvalue weighted by atomic mass is 35.5. The maximum atomic E-state index is 14.3.